The molecular weight excluding hydrogens is 407 g/mol. The number of aromatic nitrogens is 1. The van der Waals surface area contributed by atoms with Crippen LogP contribution in [0.2, 0.25) is 5.02 Å². The lowest BCUT2D eigenvalue weighted by Crippen LogP contribution is -2.42. The van der Waals surface area contributed by atoms with E-state index in [0.717, 1.165) is 16.9 Å². The van der Waals surface area contributed by atoms with Crippen molar-refractivity contribution in [2.75, 3.05) is 18.5 Å². The van der Waals surface area contributed by atoms with Crippen molar-refractivity contribution in [1.29, 1.82) is 0 Å². The van der Waals surface area contributed by atoms with Crippen molar-refractivity contribution in [1.82, 2.24) is 4.57 Å². The van der Waals surface area contributed by atoms with Crippen molar-refractivity contribution in [3.63, 3.8) is 0 Å². The molecule has 1 aromatic heterocycles. The zero-order valence-corrected chi connectivity index (χ0v) is 17.3. The number of anilines is 1. The van der Waals surface area contributed by atoms with Crippen LogP contribution in [0.5, 0.6) is 0 Å². The lowest BCUT2D eigenvalue weighted by atomic mass is 9.79. The highest BCUT2D eigenvalue weighted by Crippen LogP contribution is 2.41. The molecule has 0 amide bonds. The zero-order valence-electron chi connectivity index (χ0n) is 16.6. The van der Waals surface area contributed by atoms with E-state index >= 15 is 0 Å². The van der Waals surface area contributed by atoms with Gasteiger partial charge >= 0.3 is 5.97 Å². The van der Waals surface area contributed by atoms with E-state index < -0.39 is 17.3 Å². The van der Waals surface area contributed by atoms with Crippen LogP contribution in [0.25, 0.3) is 6.08 Å². The number of carbonyl (C=O) groups is 2. The van der Waals surface area contributed by atoms with Crippen LogP contribution in [0, 0.1) is 5.82 Å². The van der Waals surface area contributed by atoms with E-state index in [1.807, 2.05) is 22.8 Å². The van der Waals surface area contributed by atoms with Gasteiger partial charge in [0.1, 0.15) is 11.5 Å². The minimum absolute atomic E-state index is 0.0283. The van der Waals surface area contributed by atoms with Crippen LogP contribution in [0.3, 0.4) is 0 Å². The highest BCUT2D eigenvalue weighted by molar-refractivity contribution is 6.30. The number of ether oxygens (including phenoxy) is 1. The quantitative estimate of drug-likeness (QED) is 0.698. The molecule has 0 radical (unpaired) electrons. The minimum Gasteiger partial charge on any atom is -0.461 e. The first-order valence-corrected chi connectivity index (χ1v) is 10.3. The molecule has 0 saturated carbocycles. The highest BCUT2D eigenvalue weighted by Gasteiger charge is 2.40. The van der Waals surface area contributed by atoms with Crippen LogP contribution in [0.4, 0.5) is 10.1 Å². The predicted molar refractivity (Wildman–Crippen MR) is 114 cm³/mol. The maximum atomic E-state index is 13.7. The molecule has 0 bridgehead atoms. The molecule has 1 atom stereocenters. The first-order valence-electron chi connectivity index (χ1n) is 9.90. The Morgan fingerprint density at radius 1 is 1.30 bits per heavy atom. The summed E-state index contributed by atoms with van der Waals surface area (Å²) in [6, 6.07) is 6.35. The molecule has 1 aliphatic carbocycles. The lowest BCUT2D eigenvalue weighted by Gasteiger charge is -2.39. The Morgan fingerprint density at radius 3 is 2.87 bits per heavy atom. The molecule has 1 N–H and O–H groups in total. The summed E-state index contributed by atoms with van der Waals surface area (Å²) < 4.78 is 20.9. The second-order valence-corrected chi connectivity index (χ2v) is 7.97. The number of nitrogens with one attached hydrogen (secondary N) is 1. The van der Waals surface area contributed by atoms with Gasteiger partial charge in [-0.15, -0.1) is 0 Å². The van der Waals surface area contributed by atoms with Gasteiger partial charge in [-0.2, -0.15) is 0 Å². The normalized spacial score (nSPS) is 20.0. The molecule has 2 aromatic rings. The van der Waals surface area contributed by atoms with Gasteiger partial charge < -0.3 is 14.6 Å². The number of hydrogen-bond donors (Lipinski definition) is 1. The number of ketones is 1. The lowest BCUT2D eigenvalue weighted by molar-refractivity contribution is -0.117. The smallest absolute Gasteiger partial charge is 0.355 e. The Hall–Kier alpha value is -2.86. The van der Waals surface area contributed by atoms with Crippen molar-refractivity contribution in [3.05, 3.63) is 70.3 Å². The second kappa shape index (κ2) is 8.11. The van der Waals surface area contributed by atoms with Gasteiger partial charge in [0.05, 0.1) is 28.5 Å². The van der Waals surface area contributed by atoms with Crippen LogP contribution in [-0.2, 0) is 21.5 Å². The molecule has 0 saturated heterocycles. The van der Waals surface area contributed by atoms with E-state index in [-0.39, 0.29) is 23.8 Å². The number of benzene rings is 1. The molecule has 7 heteroatoms. The van der Waals surface area contributed by atoms with E-state index in [1.54, 1.807) is 31.2 Å². The number of nitrogens with zero attached hydrogens (tertiary/aromatic N) is 1. The Kier molecular flexibility index (Phi) is 5.52. The summed E-state index contributed by atoms with van der Waals surface area (Å²) in [5, 5.41) is 3.31. The van der Waals surface area contributed by atoms with Gasteiger partial charge in [-0.25, -0.2) is 9.18 Å². The molecule has 5 nitrogen and oxygen atoms in total. The van der Waals surface area contributed by atoms with Crippen molar-refractivity contribution >= 4 is 35.1 Å². The van der Waals surface area contributed by atoms with Crippen LogP contribution < -0.4 is 5.32 Å². The minimum atomic E-state index is -0.744. The summed E-state index contributed by atoms with van der Waals surface area (Å²) in [6.07, 6.45) is 8.48. The zero-order chi connectivity index (χ0) is 21.3. The summed E-state index contributed by atoms with van der Waals surface area (Å²) >= 11 is 6.01. The first kappa shape index (κ1) is 20.4. The Morgan fingerprint density at radius 2 is 2.13 bits per heavy atom. The summed E-state index contributed by atoms with van der Waals surface area (Å²) in [4.78, 5) is 25.4. The van der Waals surface area contributed by atoms with Crippen LogP contribution in [-0.4, -0.2) is 29.5 Å². The number of fused-ring (bicyclic) bond motifs is 1. The third-order valence-corrected chi connectivity index (χ3v) is 5.80. The fraction of sp³-hybridized carbons (Fsp3) is 0.304. The van der Waals surface area contributed by atoms with Crippen molar-refractivity contribution in [2.45, 2.75) is 31.7 Å². The average molecular weight is 429 g/mol. The number of allylic oxidation sites excluding steroid dienone is 2. The Balaban J connectivity index is 1.89. The van der Waals surface area contributed by atoms with E-state index in [9.17, 15) is 14.0 Å². The molecule has 1 aromatic carbocycles. The average Bonchev–Trinajstić information content (AvgIpc) is 3.11. The molecule has 2 heterocycles. The van der Waals surface area contributed by atoms with Gasteiger partial charge in [-0.1, -0.05) is 29.8 Å². The molecule has 1 aliphatic heterocycles. The summed E-state index contributed by atoms with van der Waals surface area (Å²) in [7, 11) is 0. The Labute approximate surface area is 179 Å². The monoisotopic (exact) mass is 428 g/mol. The highest BCUT2D eigenvalue weighted by atomic mass is 35.5. The largest absolute Gasteiger partial charge is 0.461 e. The number of hydrogen-bond acceptors (Lipinski definition) is 4. The SMILES string of the molecule is CCOC(=O)c1cc2c(n1C1(Cc3ccc(F)c(Cl)c3)CC=CC(=O)C1)C=CCN2. The molecule has 2 aliphatic rings. The number of esters is 1. The predicted octanol–water partition coefficient (Wildman–Crippen LogP) is 4.75. The molecule has 156 valence electrons. The fourth-order valence-electron chi connectivity index (χ4n) is 4.32. The van der Waals surface area contributed by atoms with Crippen LogP contribution in [0.15, 0.2) is 42.5 Å². The maximum Gasteiger partial charge on any atom is 0.355 e. The fourth-order valence-corrected chi connectivity index (χ4v) is 4.52. The van der Waals surface area contributed by atoms with Crippen molar-refractivity contribution in [3.8, 4) is 0 Å². The molecular formula is C23H22ClFN2O3. The standard InChI is InChI=1S/C23H22ClFN2O3/c1-2-30-22(29)21-12-19-20(6-4-10-26-19)27(21)23(9-3-5-16(28)14-23)13-15-7-8-18(25)17(24)11-15/h3-8,11-12,26H,2,9-10,13-14H2,1H3. The van der Waals surface area contributed by atoms with Crippen molar-refractivity contribution < 1.29 is 18.7 Å². The second-order valence-electron chi connectivity index (χ2n) is 7.57. The maximum absolute atomic E-state index is 13.7. The first-order chi connectivity index (χ1) is 14.4. The van der Waals surface area contributed by atoms with Gasteiger partial charge in [0.2, 0.25) is 0 Å². The van der Waals surface area contributed by atoms with Crippen LogP contribution in [0.1, 0.15) is 41.5 Å². The van der Waals surface area contributed by atoms with Gasteiger partial charge in [-0.05, 0) is 55.7 Å². The topological polar surface area (TPSA) is 60.3 Å². The molecule has 1 unspecified atom stereocenters. The summed E-state index contributed by atoms with van der Waals surface area (Å²) in [6.45, 7) is 2.66. The molecule has 30 heavy (non-hydrogen) atoms. The van der Waals surface area contributed by atoms with Gasteiger partial charge in [-0.3, -0.25) is 4.79 Å². The molecule has 4 rings (SSSR count). The number of carbonyl (C=O) groups excluding carboxylic acids is 2. The summed E-state index contributed by atoms with van der Waals surface area (Å²) in [5.41, 5.74) is 2.07. The van der Waals surface area contributed by atoms with Gasteiger partial charge in [0.15, 0.2) is 5.78 Å². The number of halogens is 2. The summed E-state index contributed by atoms with van der Waals surface area (Å²) in [5.74, 6) is -0.966. The van der Waals surface area contributed by atoms with Gasteiger partial charge in [0.25, 0.3) is 0 Å². The van der Waals surface area contributed by atoms with Gasteiger partial charge in [0, 0.05) is 13.0 Å². The van der Waals surface area contributed by atoms with Crippen molar-refractivity contribution in [2.24, 2.45) is 0 Å². The third kappa shape index (κ3) is 3.67. The molecule has 0 fully saturated rings. The third-order valence-electron chi connectivity index (χ3n) is 5.51. The molecule has 0 spiro atoms. The number of rotatable bonds is 5. The van der Waals surface area contributed by atoms with E-state index in [1.165, 1.54) is 6.07 Å². The van der Waals surface area contributed by atoms with E-state index in [2.05, 4.69) is 5.32 Å². The van der Waals surface area contributed by atoms with E-state index in [4.69, 9.17) is 16.3 Å². The van der Waals surface area contributed by atoms with Crippen LogP contribution >= 0.6 is 11.6 Å². The van der Waals surface area contributed by atoms with E-state index in [0.29, 0.717) is 25.1 Å². The Bertz CT molecular complexity index is 1070.